The molecule has 0 aliphatic carbocycles. The zero-order valence-corrected chi connectivity index (χ0v) is 14.0. The predicted octanol–water partition coefficient (Wildman–Crippen LogP) is 2.60. The van der Waals surface area contributed by atoms with E-state index in [0.717, 1.165) is 0 Å². The number of benzene rings is 1. The van der Waals surface area contributed by atoms with Gasteiger partial charge in [-0.2, -0.15) is 0 Å². The van der Waals surface area contributed by atoms with Crippen LogP contribution in [0.3, 0.4) is 0 Å². The molecule has 23 heavy (non-hydrogen) atoms. The molecule has 1 aromatic carbocycles. The van der Waals surface area contributed by atoms with E-state index in [1.165, 1.54) is 6.20 Å². The lowest BCUT2D eigenvalue weighted by atomic mass is 10.2. The van der Waals surface area contributed by atoms with Crippen molar-refractivity contribution >= 4 is 27.2 Å². The zero-order chi connectivity index (χ0) is 16.9. The zero-order valence-electron chi connectivity index (χ0n) is 13.2. The lowest BCUT2D eigenvalue weighted by Gasteiger charge is -2.12. The number of pyridine rings is 1. The van der Waals surface area contributed by atoms with Crippen LogP contribution in [-0.4, -0.2) is 33.4 Å². The van der Waals surface area contributed by atoms with E-state index in [1.807, 2.05) is 0 Å². The smallest absolute Gasteiger partial charge is 0.232 e. The highest BCUT2D eigenvalue weighted by Crippen LogP contribution is 2.31. The van der Waals surface area contributed by atoms with Crippen LogP contribution in [0, 0.1) is 0 Å². The number of ether oxygens (including phenoxy) is 2. The number of sulfonamides is 1. The fraction of sp³-hybridized carbons (Fsp3) is 0.267. The van der Waals surface area contributed by atoms with E-state index in [2.05, 4.69) is 15.0 Å². The van der Waals surface area contributed by atoms with Crippen molar-refractivity contribution in [3.63, 3.8) is 0 Å². The molecule has 0 saturated heterocycles. The summed E-state index contributed by atoms with van der Waals surface area (Å²) < 4.78 is 35.9. The third-order valence-corrected chi connectivity index (χ3v) is 4.39. The van der Waals surface area contributed by atoms with Crippen LogP contribution < -0.4 is 19.5 Å². The Morgan fingerprint density at radius 3 is 2.48 bits per heavy atom. The van der Waals surface area contributed by atoms with Gasteiger partial charge in [0, 0.05) is 6.07 Å². The van der Waals surface area contributed by atoms with Crippen molar-refractivity contribution < 1.29 is 17.9 Å². The first kappa shape index (κ1) is 16.9. The van der Waals surface area contributed by atoms with Gasteiger partial charge in [-0.25, -0.2) is 13.4 Å². The van der Waals surface area contributed by atoms with Crippen molar-refractivity contribution in [2.24, 2.45) is 0 Å². The highest BCUT2D eigenvalue weighted by atomic mass is 32.2. The first-order valence-electron chi connectivity index (χ1n) is 6.93. The number of hydrogen-bond donors (Lipinski definition) is 2. The minimum absolute atomic E-state index is 0.00795. The maximum Gasteiger partial charge on any atom is 0.232 e. The molecule has 124 valence electrons. The first-order chi connectivity index (χ1) is 11.0. The highest BCUT2D eigenvalue weighted by molar-refractivity contribution is 7.92. The average molecular weight is 337 g/mol. The summed E-state index contributed by atoms with van der Waals surface area (Å²) >= 11 is 0. The molecule has 2 aromatic rings. The van der Waals surface area contributed by atoms with Crippen molar-refractivity contribution in [3.05, 3.63) is 36.5 Å². The predicted molar refractivity (Wildman–Crippen MR) is 90.1 cm³/mol. The van der Waals surface area contributed by atoms with Gasteiger partial charge in [0.1, 0.15) is 17.3 Å². The van der Waals surface area contributed by atoms with E-state index in [-0.39, 0.29) is 5.75 Å². The lowest BCUT2D eigenvalue weighted by Crippen LogP contribution is -2.14. The quantitative estimate of drug-likeness (QED) is 0.807. The molecule has 8 heteroatoms. The van der Waals surface area contributed by atoms with Gasteiger partial charge in [-0.15, -0.1) is 0 Å². The molecule has 0 bridgehead atoms. The van der Waals surface area contributed by atoms with Crippen molar-refractivity contribution in [1.82, 2.24) is 4.98 Å². The third-order valence-electron chi connectivity index (χ3n) is 3.09. The maximum absolute atomic E-state index is 11.5. The van der Waals surface area contributed by atoms with Crippen molar-refractivity contribution in [2.75, 3.05) is 30.0 Å². The summed E-state index contributed by atoms with van der Waals surface area (Å²) in [7, 11) is -0.157. The number of aromatic nitrogens is 1. The highest BCUT2D eigenvalue weighted by Gasteiger charge is 2.08. The van der Waals surface area contributed by atoms with Crippen molar-refractivity contribution in [3.8, 4) is 11.5 Å². The molecule has 0 spiro atoms. The van der Waals surface area contributed by atoms with Gasteiger partial charge in [0.15, 0.2) is 0 Å². The molecular formula is C15H19N3O4S. The Bertz CT molecular complexity index is 761. The molecule has 0 atom stereocenters. The molecule has 0 aliphatic heterocycles. The Hall–Kier alpha value is -2.48. The molecule has 0 aliphatic rings. The van der Waals surface area contributed by atoms with Crippen LogP contribution in [0.1, 0.15) is 6.92 Å². The number of hydrogen-bond acceptors (Lipinski definition) is 6. The summed E-state index contributed by atoms with van der Waals surface area (Å²) in [6, 6.07) is 8.67. The third kappa shape index (κ3) is 4.49. The van der Waals surface area contributed by atoms with Crippen LogP contribution in [0.5, 0.6) is 11.5 Å². The molecule has 2 rings (SSSR count). The molecule has 0 saturated carbocycles. The molecule has 2 N–H and O–H groups in total. The summed E-state index contributed by atoms with van der Waals surface area (Å²) in [5, 5.41) is 3.11. The molecule has 1 aromatic heterocycles. The van der Waals surface area contributed by atoms with Gasteiger partial charge in [0.25, 0.3) is 0 Å². The van der Waals surface area contributed by atoms with Crippen LogP contribution in [-0.2, 0) is 10.0 Å². The first-order valence-corrected chi connectivity index (χ1v) is 8.58. The fourth-order valence-corrected chi connectivity index (χ4v) is 2.45. The molecule has 7 nitrogen and oxygen atoms in total. The van der Waals surface area contributed by atoms with E-state index >= 15 is 0 Å². The number of anilines is 3. The minimum Gasteiger partial charge on any atom is -0.497 e. The molecule has 1 heterocycles. The molecule has 0 unspecified atom stereocenters. The van der Waals surface area contributed by atoms with Crippen molar-refractivity contribution in [2.45, 2.75) is 6.92 Å². The average Bonchev–Trinajstić information content (AvgIpc) is 2.56. The Kier molecular flexibility index (Phi) is 5.28. The van der Waals surface area contributed by atoms with Gasteiger partial charge in [0.05, 0.1) is 37.5 Å². The van der Waals surface area contributed by atoms with Gasteiger partial charge in [-0.1, -0.05) is 0 Å². The van der Waals surface area contributed by atoms with E-state index in [4.69, 9.17) is 9.47 Å². The van der Waals surface area contributed by atoms with E-state index < -0.39 is 10.0 Å². The Labute approximate surface area is 135 Å². The standard InChI is InChI=1S/C15H19N3O4S/c1-4-23(19,20)18-11-5-8-15(16-10-11)17-13-9-12(21-2)6-7-14(13)22-3/h5-10,18H,4H2,1-3H3,(H,16,17). The molecule has 0 radical (unpaired) electrons. The summed E-state index contributed by atoms with van der Waals surface area (Å²) in [5.74, 6) is 1.88. The topological polar surface area (TPSA) is 89.6 Å². The number of rotatable bonds is 7. The summed E-state index contributed by atoms with van der Waals surface area (Å²) in [5.41, 5.74) is 1.11. The number of nitrogens with one attached hydrogen (secondary N) is 2. The Morgan fingerprint density at radius 1 is 1.13 bits per heavy atom. The van der Waals surface area contributed by atoms with Crippen LogP contribution in [0.25, 0.3) is 0 Å². The molecular weight excluding hydrogens is 318 g/mol. The SMILES string of the molecule is CCS(=O)(=O)Nc1ccc(Nc2cc(OC)ccc2OC)nc1. The fourth-order valence-electron chi connectivity index (χ4n) is 1.83. The van der Waals surface area contributed by atoms with Crippen LogP contribution in [0.15, 0.2) is 36.5 Å². The van der Waals surface area contributed by atoms with Gasteiger partial charge in [-0.05, 0) is 31.2 Å². The number of methoxy groups -OCH3 is 2. The van der Waals surface area contributed by atoms with E-state index in [9.17, 15) is 8.42 Å². The largest absolute Gasteiger partial charge is 0.497 e. The van der Waals surface area contributed by atoms with E-state index in [1.54, 1.807) is 51.5 Å². The second-order valence-corrected chi connectivity index (χ2v) is 6.64. The van der Waals surface area contributed by atoms with Gasteiger partial charge in [0.2, 0.25) is 10.0 Å². The van der Waals surface area contributed by atoms with Crippen LogP contribution in [0.2, 0.25) is 0 Å². The maximum atomic E-state index is 11.5. The second-order valence-electron chi connectivity index (χ2n) is 4.63. The Balaban J connectivity index is 2.18. The second kappa shape index (κ2) is 7.19. The normalized spacial score (nSPS) is 10.9. The van der Waals surface area contributed by atoms with E-state index in [0.29, 0.717) is 28.7 Å². The van der Waals surface area contributed by atoms with Gasteiger partial charge >= 0.3 is 0 Å². The van der Waals surface area contributed by atoms with Crippen molar-refractivity contribution in [1.29, 1.82) is 0 Å². The monoisotopic (exact) mass is 337 g/mol. The van der Waals surface area contributed by atoms with Gasteiger partial charge < -0.3 is 14.8 Å². The van der Waals surface area contributed by atoms with Gasteiger partial charge in [-0.3, -0.25) is 4.72 Å². The summed E-state index contributed by atoms with van der Waals surface area (Å²) in [4.78, 5) is 4.19. The summed E-state index contributed by atoms with van der Waals surface area (Å²) in [6.45, 7) is 1.57. The number of nitrogens with zero attached hydrogens (tertiary/aromatic N) is 1. The Morgan fingerprint density at radius 2 is 1.91 bits per heavy atom. The van der Waals surface area contributed by atoms with Crippen LogP contribution >= 0.6 is 0 Å². The lowest BCUT2D eigenvalue weighted by molar-refractivity contribution is 0.405. The van der Waals surface area contributed by atoms with Crippen LogP contribution in [0.4, 0.5) is 17.2 Å². The summed E-state index contributed by atoms with van der Waals surface area (Å²) in [6.07, 6.45) is 1.45. The molecule has 0 amide bonds. The molecule has 0 fully saturated rings. The minimum atomic E-state index is -3.31.